The van der Waals surface area contributed by atoms with Crippen LogP contribution in [0.1, 0.15) is 33.2 Å². The van der Waals surface area contributed by atoms with Crippen molar-refractivity contribution in [2.45, 2.75) is 6.92 Å². The first-order valence-electron chi connectivity index (χ1n) is 10.4. The average molecular weight is 457 g/mol. The number of amides is 1. The zero-order valence-electron chi connectivity index (χ0n) is 18.5. The lowest BCUT2D eigenvalue weighted by atomic mass is 10.0. The number of ketones is 1. The van der Waals surface area contributed by atoms with Gasteiger partial charge in [0.15, 0.2) is 5.78 Å². The number of rotatable bonds is 9. The predicted octanol–water partition coefficient (Wildman–Crippen LogP) is 4.89. The Labute approximate surface area is 196 Å². The highest BCUT2D eigenvalue weighted by atomic mass is 16.5. The Morgan fingerprint density at radius 1 is 0.912 bits per heavy atom. The Morgan fingerprint density at radius 3 is 2.29 bits per heavy atom. The number of carbonyl (C=O) groups excluding carboxylic acids is 3. The molecule has 172 valence electrons. The van der Waals surface area contributed by atoms with Crippen LogP contribution in [0, 0.1) is 0 Å². The Morgan fingerprint density at radius 2 is 1.59 bits per heavy atom. The van der Waals surface area contributed by atoms with Gasteiger partial charge in [0.25, 0.3) is 5.91 Å². The highest BCUT2D eigenvalue weighted by molar-refractivity contribution is 6.11. The minimum atomic E-state index is -0.514. The minimum Gasteiger partial charge on any atom is -0.507 e. The fourth-order valence-electron chi connectivity index (χ4n) is 2.87. The molecule has 0 spiro atoms. The number of phenolic OH excluding ortho intramolecular Hbond substituents is 1. The Kier molecular flexibility index (Phi) is 8.02. The molecule has 0 aliphatic carbocycles. The van der Waals surface area contributed by atoms with Gasteiger partial charge in [-0.2, -0.15) is 10.2 Å². The maximum atomic E-state index is 12.7. The van der Waals surface area contributed by atoms with E-state index >= 15 is 0 Å². The van der Waals surface area contributed by atoms with Crippen LogP contribution in [0.25, 0.3) is 0 Å². The number of nitrogens with one attached hydrogen (secondary N) is 1. The molecule has 8 nitrogen and oxygen atoms in total. The molecule has 0 bridgehead atoms. The highest BCUT2D eigenvalue weighted by Gasteiger charge is 2.14. The van der Waals surface area contributed by atoms with Crippen LogP contribution in [0.5, 0.6) is 5.75 Å². The van der Waals surface area contributed by atoms with Crippen molar-refractivity contribution in [3.63, 3.8) is 0 Å². The van der Waals surface area contributed by atoms with E-state index in [0.29, 0.717) is 22.5 Å². The summed E-state index contributed by atoms with van der Waals surface area (Å²) >= 11 is 0. The molecule has 3 rings (SSSR count). The molecule has 1 amide bonds. The lowest BCUT2D eigenvalue weighted by molar-refractivity contribution is -0.138. The van der Waals surface area contributed by atoms with E-state index in [2.05, 4.69) is 22.1 Å². The van der Waals surface area contributed by atoms with E-state index in [0.717, 1.165) is 0 Å². The fraction of sp³-hybridized carbons (Fsp3) is 0.115. The maximum Gasteiger partial charge on any atom is 0.333 e. The van der Waals surface area contributed by atoms with E-state index < -0.39 is 5.97 Å². The molecule has 0 fully saturated rings. The van der Waals surface area contributed by atoms with Crippen molar-refractivity contribution in [2.75, 3.05) is 13.2 Å². The number of azo groups is 1. The lowest BCUT2D eigenvalue weighted by Crippen LogP contribution is -2.28. The molecule has 0 heterocycles. The van der Waals surface area contributed by atoms with Crippen molar-refractivity contribution in [1.29, 1.82) is 0 Å². The first-order valence-corrected chi connectivity index (χ1v) is 10.4. The molecule has 0 atom stereocenters. The third-order valence-electron chi connectivity index (χ3n) is 4.62. The van der Waals surface area contributed by atoms with E-state index in [9.17, 15) is 19.5 Å². The summed E-state index contributed by atoms with van der Waals surface area (Å²) in [4.78, 5) is 36.4. The molecule has 0 radical (unpaired) electrons. The van der Waals surface area contributed by atoms with Crippen LogP contribution >= 0.6 is 0 Å². The monoisotopic (exact) mass is 457 g/mol. The number of aromatic hydroxyl groups is 1. The summed E-state index contributed by atoms with van der Waals surface area (Å²) in [5, 5.41) is 21.0. The second-order valence-corrected chi connectivity index (χ2v) is 7.32. The Balaban J connectivity index is 1.66. The van der Waals surface area contributed by atoms with Gasteiger partial charge in [0.1, 0.15) is 12.4 Å². The molecule has 34 heavy (non-hydrogen) atoms. The third kappa shape index (κ3) is 6.46. The van der Waals surface area contributed by atoms with E-state index in [4.69, 9.17) is 4.74 Å². The van der Waals surface area contributed by atoms with E-state index in [-0.39, 0.29) is 41.7 Å². The van der Waals surface area contributed by atoms with E-state index in [1.54, 1.807) is 61.5 Å². The molecule has 0 saturated carbocycles. The molecule has 2 N–H and O–H groups in total. The molecule has 3 aromatic carbocycles. The highest BCUT2D eigenvalue weighted by Crippen LogP contribution is 2.27. The molecular formula is C26H23N3O5. The normalized spacial score (nSPS) is 10.6. The van der Waals surface area contributed by atoms with Gasteiger partial charge in [-0.1, -0.05) is 43.0 Å². The molecule has 0 saturated heterocycles. The van der Waals surface area contributed by atoms with E-state index in [1.165, 1.54) is 18.2 Å². The van der Waals surface area contributed by atoms with Gasteiger partial charge in [-0.05, 0) is 43.3 Å². The number of nitrogens with zero attached hydrogens (tertiary/aromatic N) is 2. The number of esters is 1. The number of benzene rings is 3. The second-order valence-electron chi connectivity index (χ2n) is 7.32. The first kappa shape index (κ1) is 24.1. The summed E-state index contributed by atoms with van der Waals surface area (Å²) in [6.07, 6.45) is 0. The minimum absolute atomic E-state index is 0.0295. The van der Waals surface area contributed by atoms with Gasteiger partial charge in [-0.15, -0.1) is 0 Å². The average Bonchev–Trinajstić information content (AvgIpc) is 2.86. The number of hydrogen-bond donors (Lipinski definition) is 2. The summed E-state index contributed by atoms with van der Waals surface area (Å²) in [7, 11) is 0. The third-order valence-corrected chi connectivity index (χ3v) is 4.62. The molecule has 0 unspecified atom stereocenters. The largest absolute Gasteiger partial charge is 0.507 e. The van der Waals surface area contributed by atoms with Crippen molar-refractivity contribution in [2.24, 2.45) is 10.2 Å². The quantitative estimate of drug-likeness (QED) is 0.156. The van der Waals surface area contributed by atoms with Crippen LogP contribution in [0.2, 0.25) is 0 Å². The molecule has 3 aromatic rings. The maximum absolute atomic E-state index is 12.7. The first-order chi connectivity index (χ1) is 16.3. The van der Waals surface area contributed by atoms with Gasteiger partial charge < -0.3 is 15.2 Å². The SMILES string of the molecule is C=C(C)C(=O)OCCNC(=O)c1cccc(/N=N/c2ccc(O)c(C(=O)c3ccccc3)c2)c1. The summed E-state index contributed by atoms with van der Waals surface area (Å²) in [6.45, 7) is 5.21. The topological polar surface area (TPSA) is 117 Å². The number of carbonyl (C=O) groups is 3. The van der Waals surface area contributed by atoms with Crippen molar-refractivity contribution in [3.05, 3.63) is 102 Å². The summed E-state index contributed by atoms with van der Waals surface area (Å²) in [5.74, 6) is -1.36. The summed E-state index contributed by atoms with van der Waals surface area (Å²) in [5.41, 5.74) is 1.99. The second kappa shape index (κ2) is 11.3. The number of phenols is 1. The fourth-order valence-corrected chi connectivity index (χ4v) is 2.87. The Bertz CT molecular complexity index is 1250. The van der Waals surface area contributed by atoms with Crippen molar-refractivity contribution < 1.29 is 24.2 Å². The van der Waals surface area contributed by atoms with Crippen LogP contribution in [-0.2, 0) is 9.53 Å². The standard InChI is InChI=1S/C26H23N3O5/c1-17(2)26(33)34-14-13-27-25(32)19-9-6-10-20(15-19)28-29-21-11-12-23(30)22(16-21)24(31)18-7-4-3-5-8-18/h3-12,15-16,30H,1,13-14H2,2H3,(H,27,32)/b29-28+. The van der Waals surface area contributed by atoms with Crippen molar-refractivity contribution in [1.82, 2.24) is 5.32 Å². The Hall–Kier alpha value is -4.59. The summed E-state index contributed by atoms with van der Waals surface area (Å²) < 4.78 is 4.94. The van der Waals surface area contributed by atoms with Gasteiger partial charge in [-0.3, -0.25) is 9.59 Å². The van der Waals surface area contributed by atoms with Crippen LogP contribution < -0.4 is 5.32 Å². The van der Waals surface area contributed by atoms with Gasteiger partial charge >= 0.3 is 5.97 Å². The van der Waals surface area contributed by atoms with Gasteiger partial charge in [0.2, 0.25) is 0 Å². The van der Waals surface area contributed by atoms with E-state index in [1.807, 2.05) is 0 Å². The predicted molar refractivity (Wildman–Crippen MR) is 127 cm³/mol. The zero-order valence-corrected chi connectivity index (χ0v) is 18.5. The summed E-state index contributed by atoms with van der Waals surface area (Å²) in [6, 6.07) is 19.5. The molecule has 0 aromatic heterocycles. The molecular weight excluding hydrogens is 434 g/mol. The molecule has 0 aliphatic rings. The van der Waals surface area contributed by atoms with Crippen LogP contribution in [-0.4, -0.2) is 35.9 Å². The molecule has 8 heteroatoms. The van der Waals surface area contributed by atoms with Crippen molar-refractivity contribution in [3.8, 4) is 5.75 Å². The zero-order chi connectivity index (χ0) is 24.5. The van der Waals surface area contributed by atoms with Gasteiger partial charge in [0, 0.05) is 16.7 Å². The number of ether oxygens (including phenoxy) is 1. The van der Waals surface area contributed by atoms with Crippen LogP contribution in [0.4, 0.5) is 11.4 Å². The lowest BCUT2D eigenvalue weighted by Gasteiger charge is -2.07. The van der Waals surface area contributed by atoms with Crippen molar-refractivity contribution >= 4 is 29.0 Å². The smallest absolute Gasteiger partial charge is 0.333 e. The van der Waals surface area contributed by atoms with Gasteiger partial charge in [-0.25, -0.2) is 4.79 Å². The van der Waals surface area contributed by atoms with Crippen LogP contribution in [0.15, 0.2) is 95.2 Å². The van der Waals surface area contributed by atoms with Crippen LogP contribution in [0.3, 0.4) is 0 Å². The van der Waals surface area contributed by atoms with Gasteiger partial charge in [0.05, 0.1) is 23.5 Å². The number of hydrogen-bond acceptors (Lipinski definition) is 7. The molecule has 0 aliphatic heterocycles.